The average molecular weight is 183 g/mol. The first-order valence-corrected chi connectivity index (χ1v) is 4.75. The highest BCUT2D eigenvalue weighted by Crippen LogP contribution is 2.29. The van der Waals surface area contributed by atoms with Crippen molar-refractivity contribution in [3.8, 4) is 0 Å². The molecule has 0 saturated heterocycles. The third kappa shape index (κ3) is 1.31. The van der Waals surface area contributed by atoms with Crippen molar-refractivity contribution in [2.45, 2.75) is 6.42 Å². The molecule has 0 unspecified atom stereocenters. The Balaban J connectivity index is 2.59. The van der Waals surface area contributed by atoms with Gasteiger partial charge in [0, 0.05) is 12.6 Å². The monoisotopic (exact) mass is 183 g/mol. The van der Waals surface area contributed by atoms with E-state index in [1.54, 1.807) is 0 Å². The molecule has 70 valence electrons. The minimum atomic E-state index is 0.961. The Morgan fingerprint density at radius 1 is 1.43 bits per heavy atom. The molecule has 1 heteroatoms. The molecule has 2 rings (SSSR count). The zero-order valence-electron chi connectivity index (χ0n) is 8.33. The molecule has 14 heavy (non-hydrogen) atoms. The summed E-state index contributed by atoms with van der Waals surface area (Å²) in [5.41, 5.74) is 4.81. The maximum atomic E-state index is 4.28. The van der Waals surface area contributed by atoms with Crippen LogP contribution in [-0.2, 0) is 0 Å². The van der Waals surface area contributed by atoms with Gasteiger partial charge in [0.2, 0.25) is 0 Å². The van der Waals surface area contributed by atoms with Gasteiger partial charge in [-0.1, -0.05) is 37.0 Å². The molecule has 1 nitrogen and oxygen atoms in total. The lowest BCUT2D eigenvalue weighted by Crippen LogP contribution is -2.09. The second-order valence-electron chi connectivity index (χ2n) is 3.30. The van der Waals surface area contributed by atoms with Gasteiger partial charge in [0.15, 0.2) is 0 Å². The van der Waals surface area contributed by atoms with Crippen LogP contribution in [0.25, 0.3) is 0 Å². The Kier molecular flexibility index (Phi) is 2.32. The van der Waals surface area contributed by atoms with Gasteiger partial charge in [-0.15, -0.1) is 0 Å². The maximum absolute atomic E-state index is 4.28. The number of allylic oxidation sites excluding steroid dienone is 9. The fourth-order valence-corrected chi connectivity index (χ4v) is 1.83. The molecule has 0 aromatic carbocycles. The van der Waals surface area contributed by atoms with Crippen LogP contribution in [0.5, 0.6) is 0 Å². The van der Waals surface area contributed by atoms with E-state index in [2.05, 4.69) is 29.8 Å². The molecule has 0 heterocycles. The number of hydrogen-bond acceptors (Lipinski definition) is 1. The summed E-state index contributed by atoms with van der Waals surface area (Å²) in [6.45, 7) is 3.85. The van der Waals surface area contributed by atoms with Crippen LogP contribution in [0.3, 0.4) is 0 Å². The van der Waals surface area contributed by atoms with E-state index in [9.17, 15) is 0 Å². The Morgan fingerprint density at radius 3 is 3.00 bits per heavy atom. The van der Waals surface area contributed by atoms with Gasteiger partial charge >= 0.3 is 0 Å². The van der Waals surface area contributed by atoms with Gasteiger partial charge < -0.3 is 0 Å². The summed E-state index contributed by atoms with van der Waals surface area (Å²) in [5, 5.41) is 0. The first-order chi connectivity index (χ1) is 6.86. The first kappa shape index (κ1) is 8.95. The van der Waals surface area contributed by atoms with E-state index in [1.807, 2.05) is 25.3 Å². The Bertz CT molecular complexity index is 415. The van der Waals surface area contributed by atoms with Crippen molar-refractivity contribution in [2.75, 3.05) is 7.05 Å². The third-order valence-corrected chi connectivity index (χ3v) is 2.52. The summed E-state index contributed by atoms with van der Waals surface area (Å²) in [4.78, 5) is 4.28. The molecule has 0 fully saturated rings. The Morgan fingerprint density at radius 2 is 2.29 bits per heavy atom. The van der Waals surface area contributed by atoms with Crippen LogP contribution in [0.15, 0.2) is 64.7 Å². The predicted octanol–water partition coefficient (Wildman–Crippen LogP) is 3.00. The van der Waals surface area contributed by atoms with E-state index in [0.717, 1.165) is 12.1 Å². The third-order valence-electron chi connectivity index (χ3n) is 2.52. The van der Waals surface area contributed by atoms with Gasteiger partial charge in [-0.05, 0) is 23.6 Å². The second kappa shape index (κ2) is 3.62. The zero-order valence-corrected chi connectivity index (χ0v) is 8.33. The van der Waals surface area contributed by atoms with E-state index >= 15 is 0 Å². The maximum Gasteiger partial charge on any atom is 0.0652 e. The average Bonchev–Trinajstić information content (AvgIpc) is 2.27. The molecule has 2 aliphatic carbocycles. The minimum Gasteiger partial charge on any atom is -0.288 e. The number of aliphatic imine (C=N–C) groups is 1. The quantitative estimate of drug-likeness (QED) is 0.592. The molecular formula is C13H13N. The lowest BCUT2D eigenvalue weighted by molar-refractivity contribution is 1.21. The van der Waals surface area contributed by atoms with Gasteiger partial charge in [-0.3, -0.25) is 4.99 Å². The fourth-order valence-electron chi connectivity index (χ4n) is 1.83. The largest absolute Gasteiger partial charge is 0.288 e. The van der Waals surface area contributed by atoms with Crippen molar-refractivity contribution in [3.63, 3.8) is 0 Å². The highest BCUT2D eigenvalue weighted by molar-refractivity contribution is 6.14. The molecule has 0 N–H and O–H groups in total. The summed E-state index contributed by atoms with van der Waals surface area (Å²) < 4.78 is 0. The van der Waals surface area contributed by atoms with E-state index in [0.29, 0.717) is 0 Å². The van der Waals surface area contributed by atoms with Crippen molar-refractivity contribution >= 4 is 5.71 Å². The molecule has 0 aliphatic heterocycles. The highest BCUT2D eigenvalue weighted by atomic mass is 14.7. The van der Waals surface area contributed by atoms with E-state index in [1.165, 1.54) is 16.7 Å². The molecule has 0 bridgehead atoms. The van der Waals surface area contributed by atoms with Gasteiger partial charge in [0.05, 0.1) is 5.71 Å². The van der Waals surface area contributed by atoms with Crippen molar-refractivity contribution in [1.29, 1.82) is 0 Å². The molecule has 0 aromatic heterocycles. The van der Waals surface area contributed by atoms with Crippen LogP contribution in [0.2, 0.25) is 0 Å². The smallest absolute Gasteiger partial charge is 0.0652 e. The molecule has 0 atom stereocenters. The van der Waals surface area contributed by atoms with Gasteiger partial charge in [0.25, 0.3) is 0 Å². The zero-order chi connectivity index (χ0) is 9.97. The van der Waals surface area contributed by atoms with Gasteiger partial charge in [-0.2, -0.15) is 0 Å². The summed E-state index contributed by atoms with van der Waals surface area (Å²) in [7, 11) is 1.83. The van der Waals surface area contributed by atoms with E-state index < -0.39 is 0 Å². The van der Waals surface area contributed by atoms with Crippen LogP contribution >= 0.6 is 0 Å². The number of rotatable bonds is 1. The normalized spacial score (nSPS) is 22.4. The van der Waals surface area contributed by atoms with Crippen LogP contribution in [0.4, 0.5) is 0 Å². The number of hydrogen-bond donors (Lipinski definition) is 0. The topological polar surface area (TPSA) is 12.4 Å². The standard InChI is InChI=1S/C13H13N/c1-3-10-6-4-7-11-8-5-9-12(14-2)13(10)11/h3-5,7-9H,1,6H2,2H3. The lowest BCUT2D eigenvalue weighted by Gasteiger charge is -2.19. The molecule has 0 saturated carbocycles. The summed E-state index contributed by atoms with van der Waals surface area (Å²) >= 11 is 0. The predicted molar refractivity (Wildman–Crippen MR) is 61.6 cm³/mol. The summed E-state index contributed by atoms with van der Waals surface area (Å²) in [5.74, 6) is 0. The lowest BCUT2D eigenvalue weighted by atomic mass is 9.86. The molecular weight excluding hydrogens is 170 g/mol. The van der Waals surface area contributed by atoms with E-state index in [4.69, 9.17) is 0 Å². The highest BCUT2D eigenvalue weighted by Gasteiger charge is 2.16. The van der Waals surface area contributed by atoms with Crippen molar-refractivity contribution in [1.82, 2.24) is 0 Å². The van der Waals surface area contributed by atoms with Crippen LogP contribution in [0, 0.1) is 0 Å². The second-order valence-corrected chi connectivity index (χ2v) is 3.30. The Labute approximate surface area is 84.6 Å². The summed E-state index contributed by atoms with van der Waals surface area (Å²) in [6.07, 6.45) is 13.4. The van der Waals surface area contributed by atoms with Crippen molar-refractivity contribution < 1.29 is 0 Å². The van der Waals surface area contributed by atoms with Crippen LogP contribution in [0.1, 0.15) is 6.42 Å². The Hall–Kier alpha value is -1.63. The molecule has 2 aliphatic rings. The first-order valence-electron chi connectivity index (χ1n) is 4.75. The fraction of sp³-hybridized carbons (Fsp3) is 0.154. The molecule has 0 radical (unpaired) electrons. The number of nitrogens with zero attached hydrogens (tertiary/aromatic N) is 1. The molecule has 0 aromatic rings. The SMILES string of the molecule is C=CC1=C2C(=CC=CC2=NC)C=CC1. The summed E-state index contributed by atoms with van der Waals surface area (Å²) in [6, 6.07) is 0. The molecule has 0 spiro atoms. The van der Waals surface area contributed by atoms with Gasteiger partial charge in [-0.25, -0.2) is 0 Å². The van der Waals surface area contributed by atoms with Crippen LogP contribution in [-0.4, -0.2) is 12.8 Å². The minimum absolute atomic E-state index is 0.961. The van der Waals surface area contributed by atoms with E-state index in [-0.39, 0.29) is 0 Å². The van der Waals surface area contributed by atoms with Crippen molar-refractivity contribution in [3.05, 3.63) is 59.8 Å². The number of fused-ring (bicyclic) bond motifs is 1. The van der Waals surface area contributed by atoms with Crippen molar-refractivity contribution in [2.24, 2.45) is 4.99 Å². The van der Waals surface area contributed by atoms with Gasteiger partial charge in [0.1, 0.15) is 0 Å². The van der Waals surface area contributed by atoms with Crippen LogP contribution < -0.4 is 0 Å². The molecule has 0 amide bonds.